The standard InChI is InChI=1S/C19H28N4O2/c1-21-9-3-6-16(21)17-7-4-10-23(17)19(24)15-5-2-8-20-18(15)22-11-13-25-14-12-22/h2,5,8,16-17H,3-4,6-7,9-14H2,1H3. The quantitative estimate of drug-likeness (QED) is 0.834. The van der Waals surface area contributed by atoms with Gasteiger partial charge in [-0.1, -0.05) is 0 Å². The van der Waals surface area contributed by atoms with E-state index in [4.69, 9.17) is 4.74 Å². The van der Waals surface area contributed by atoms with Crippen LogP contribution in [0.3, 0.4) is 0 Å². The summed E-state index contributed by atoms with van der Waals surface area (Å²) in [4.78, 5) is 24.7. The monoisotopic (exact) mass is 344 g/mol. The molecule has 0 N–H and O–H groups in total. The highest BCUT2D eigenvalue weighted by molar-refractivity contribution is 5.99. The van der Waals surface area contributed by atoms with E-state index in [2.05, 4.69) is 26.7 Å². The summed E-state index contributed by atoms with van der Waals surface area (Å²) in [5.74, 6) is 0.971. The van der Waals surface area contributed by atoms with Crippen LogP contribution in [0.2, 0.25) is 0 Å². The molecule has 1 aromatic heterocycles. The second-order valence-corrected chi connectivity index (χ2v) is 7.37. The van der Waals surface area contributed by atoms with E-state index in [0.717, 1.165) is 50.4 Å². The molecule has 6 heteroatoms. The summed E-state index contributed by atoms with van der Waals surface area (Å²) >= 11 is 0. The molecule has 2 atom stereocenters. The number of likely N-dealkylation sites (N-methyl/N-ethyl adjacent to an activating group) is 1. The van der Waals surface area contributed by atoms with E-state index in [1.165, 1.54) is 12.8 Å². The first-order valence-corrected chi connectivity index (χ1v) is 9.54. The van der Waals surface area contributed by atoms with E-state index in [1.807, 2.05) is 12.1 Å². The van der Waals surface area contributed by atoms with Gasteiger partial charge in [0, 0.05) is 37.9 Å². The lowest BCUT2D eigenvalue weighted by Gasteiger charge is -2.34. The van der Waals surface area contributed by atoms with Crippen LogP contribution < -0.4 is 4.90 Å². The summed E-state index contributed by atoms with van der Waals surface area (Å²) in [6.07, 6.45) is 6.45. The van der Waals surface area contributed by atoms with Gasteiger partial charge in [-0.2, -0.15) is 0 Å². The van der Waals surface area contributed by atoms with Crippen LogP contribution in [0.5, 0.6) is 0 Å². The highest BCUT2D eigenvalue weighted by atomic mass is 16.5. The van der Waals surface area contributed by atoms with Crippen LogP contribution in [0.15, 0.2) is 18.3 Å². The normalized spacial score (nSPS) is 27.9. The van der Waals surface area contributed by atoms with Gasteiger partial charge in [0.1, 0.15) is 5.82 Å². The molecule has 3 saturated heterocycles. The summed E-state index contributed by atoms with van der Waals surface area (Å²) in [6.45, 7) is 5.01. The maximum atomic E-state index is 13.4. The molecule has 3 aliphatic rings. The maximum Gasteiger partial charge on any atom is 0.257 e. The summed E-state index contributed by atoms with van der Waals surface area (Å²) in [5.41, 5.74) is 0.747. The third-order valence-electron chi connectivity index (χ3n) is 5.91. The summed E-state index contributed by atoms with van der Waals surface area (Å²) in [7, 11) is 2.20. The number of carbonyl (C=O) groups excluding carboxylic acids is 1. The van der Waals surface area contributed by atoms with Crippen LogP contribution in [-0.4, -0.2) is 79.2 Å². The van der Waals surface area contributed by atoms with Gasteiger partial charge in [0.05, 0.1) is 18.8 Å². The number of morpholine rings is 1. The van der Waals surface area contributed by atoms with Gasteiger partial charge < -0.3 is 19.4 Å². The first-order chi connectivity index (χ1) is 12.3. The average Bonchev–Trinajstić information content (AvgIpc) is 3.30. The summed E-state index contributed by atoms with van der Waals surface area (Å²) in [5, 5.41) is 0. The number of nitrogens with zero attached hydrogens (tertiary/aromatic N) is 4. The highest BCUT2D eigenvalue weighted by Gasteiger charge is 2.39. The Bertz CT molecular complexity index is 617. The second-order valence-electron chi connectivity index (χ2n) is 7.37. The van der Waals surface area contributed by atoms with E-state index < -0.39 is 0 Å². The predicted molar refractivity (Wildman–Crippen MR) is 97.0 cm³/mol. The van der Waals surface area contributed by atoms with Crippen molar-refractivity contribution in [2.45, 2.75) is 37.8 Å². The predicted octanol–water partition coefficient (Wildman–Crippen LogP) is 1.62. The molecule has 136 valence electrons. The van der Waals surface area contributed by atoms with E-state index in [-0.39, 0.29) is 5.91 Å². The Kier molecular flexibility index (Phi) is 4.90. The first-order valence-electron chi connectivity index (χ1n) is 9.54. The lowest BCUT2D eigenvalue weighted by atomic mass is 10.0. The third-order valence-corrected chi connectivity index (χ3v) is 5.91. The molecule has 1 aromatic rings. The van der Waals surface area contributed by atoms with Crippen LogP contribution in [-0.2, 0) is 4.74 Å². The topological polar surface area (TPSA) is 48.9 Å². The zero-order chi connectivity index (χ0) is 17.2. The average molecular weight is 344 g/mol. The number of pyridine rings is 1. The van der Waals surface area contributed by atoms with E-state index in [1.54, 1.807) is 6.20 Å². The highest BCUT2D eigenvalue weighted by Crippen LogP contribution is 2.31. The van der Waals surface area contributed by atoms with E-state index >= 15 is 0 Å². The van der Waals surface area contributed by atoms with Crippen molar-refractivity contribution in [1.82, 2.24) is 14.8 Å². The molecule has 0 radical (unpaired) electrons. The van der Waals surface area contributed by atoms with Gasteiger partial charge in [-0.15, -0.1) is 0 Å². The summed E-state index contributed by atoms with van der Waals surface area (Å²) in [6, 6.07) is 4.67. The Balaban J connectivity index is 1.58. The lowest BCUT2D eigenvalue weighted by molar-refractivity contribution is 0.0663. The van der Waals surface area contributed by atoms with Gasteiger partial charge in [-0.05, 0) is 51.4 Å². The van der Waals surface area contributed by atoms with E-state index in [0.29, 0.717) is 25.3 Å². The van der Waals surface area contributed by atoms with Crippen LogP contribution in [0.1, 0.15) is 36.0 Å². The lowest BCUT2D eigenvalue weighted by Crippen LogP contribution is -2.47. The van der Waals surface area contributed by atoms with Crippen molar-refractivity contribution in [2.75, 3.05) is 51.3 Å². The van der Waals surface area contributed by atoms with Gasteiger partial charge in [0.25, 0.3) is 5.91 Å². The molecule has 0 bridgehead atoms. The van der Waals surface area contributed by atoms with Crippen LogP contribution >= 0.6 is 0 Å². The fraction of sp³-hybridized carbons (Fsp3) is 0.684. The number of hydrogen-bond acceptors (Lipinski definition) is 5. The Morgan fingerprint density at radius 3 is 2.64 bits per heavy atom. The number of carbonyl (C=O) groups is 1. The van der Waals surface area contributed by atoms with Gasteiger partial charge in [-0.25, -0.2) is 4.98 Å². The molecule has 25 heavy (non-hydrogen) atoms. The molecular weight excluding hydrogens is 316 g/mol. The SMILES string of the molecule is CN1CCCC1C1CCCN1C(=O)c1cccnc1N1CCOCC1. The van der Waals surface area contributed by atoms with Crippen LogP contribution in [0, 0.1) is 0 Å². The van der Waals surface area contributed by atoms with Crippen molar-refractivity contribution in [3.8, 4) is 0 Å². The molecule has 4 heterocycles. The number of likely N-dealkylation sites (tertiary alicyclic amines) is 2. The van der Waals surface area contributed by atoms with Crippen molar-refractivity contribution in [1.29, 1.82) is 0 Å². The zero-order valence-electron chi connectivity index (χ0n) is 15.1. The van der Waals surface area contributed by atoms with Gasteiger partial charge in [-0.3, -0.25) is 4.79 Å². The largest absolute Gasteiger partial charge is 0.378 e. The smallest absolute Gasteiger partial charge is 0.257 e. The minimum Gasteiger partial charge on any atom is -0.378 e. The summed E-state index contributed by atoms with van der Waals surface area (Å²) < 4.78 is 5.45. The minimum absolute atomic E-state index is 0.150. The Labute approximate surface area is 149 Å². The number of ether oxygens (including phenoxy) is 1. The van der Waals surface area contributed by atoms with Crippen molar-refractivity contribution >= 4 is 11.7 Å². The molecule has 2 unspecified atom stereocenters. The molecule has 3 aliphatic heterocycles. The number of rotatable bonds is 3. The molecule has 0 aliphatic carbocycles. The van der Waals surface area contributed by atoms with Gasteiger partial charge in [0.15, 0.2) is 0 Å². The molecular formula is C19H28N4O2. The molecule has 0 saturated carbocycles. The number of anilines is 1. The zero-order valence-corrected chi connectivity index (χ0v) is 15.1. The van der Waals surface area contributed by atoms with Crippen LogP contribution in [0.4, 0.5) is 5.82 Å². The number of hydrogen-bond donors (Lipinski definition) is 0. The molecule has 1 amide bonds. The molecule has 3 fully saturated rings. The molecule has 0 spiro atoms. The molecule has 4 rings (SSSR count). The molecule has 6 nitrogen and oxygen atoms in total. The third kappa shape index (κ3) is 3.25. The number of aromatic nitrogens is 1. The maximum absolute atomic E-state index is 13.4. The van der Waals surface area contributed by atoms with Crippen molar-refractivity contribution in [3.05, 3.63) is 23.9 Å². The Morgan fingerprint density at radius 1 is 1.12 bits per heavy atom. The first kappa shape index (κ1) is 16.8. The van der Waals surface area contributed by atoms with Crippen molar-refractivity contribution in [2.24, 2.45) is 0 Å². The fourth-order valence-electron chi connectivity index (χ4n) is 4.61. The second kappa shape index (κ2) is 7.30. The Morgan fingerprint density at radius 2 is 1.88 bits per heavy atom. The molecule has 0 aromatic carbocycles. The van der Waals surface area contributed by atoms with Crippen LogP contribution in [0.25, 0.3) is 0 Å². The van der Waals surface area contributed by atoms with E-state index in [9.17, 15) is 4.79 Å². The number of amides is 1. The Hall–Kier alpha value is -1.66. The minimum atomic E-state index is 0.150. The fourth-order valence-corrected chi connectivity index (χ4v) is 4.61. The van der Waals surface area contributed by atoms with Crippen molar-refractivity contribution in [3.63, 3.8) is 0 Å². The van der Waals surface area contributed by atoms with Gasteiger partial charge >= 0.3 is 0 Å². The van der Waals surface area contributed by atoms with Crippen molar-refractivity contribution < 1.29 is 9.53 Å². The van der Waals surface area contributed by atoms with Gasteiger partial charge in [0.2, 0.25) is 0 Å².